The summed E-state index contributed by atoms with van der Waals surface area (Å²) in [6, 6.07) is 5.86. The molecule has 2 heterocycles. The van der Waals surface area contributed by atoms with E-state index in [1.807, 2.05) is 24.4 Å². The first kappa shape index (κ1) is 9.96. The summed E-state index contributed by atoms with van der Waals surface area (Å²) in [4.78, 5) is 4.35. The van der Waals surface area contributed by atoms with Crippen molar-refractivity contribution in [1.82, 2.24) is 14.6 Å². The molecule has 15 heavy (non-hydrogen) atoms. The number of nitrogens with one attached hydrogen (secondary N) is 1. The van der Waals surface area contributed by atoms with Gasteiger partial charge in [-0.1, -0.05) is 25.8 Å². The fraction of sp³-hybridized carbons (Fsp3) is 0.455. The van der Waals surface area contributed by atoms with Crippen LogP contribution in [0.2, 0.25) is 0 Å². The summed E-state index contributed by atoms with van der Waals surface area (Å²) in [6.07, 6.45) is 5.56. The van der Waals surface area contributed by atoms with E-state index >= 15 is 0 Å². The lowest BCUT2D eigenvalue weighted by Gasteiger charge is -1.98. The van der Waals surface area contributed by atoms with E-state index in [0.29, 0.717) is 0 Å². The maximum atomic E-state index is 4.35. The molecule has 0 amide bonds. The number of anilines is 1. The molecule has 0 aliphatic carbocycles. The van der Waals surface area contributed by atoms with Gasteiger partial charge in [0.1, 0.15) is 0 Å². The van der Waals surface area contributed by atoms with Crippen molar-refractivity contribution in [2.24, 2.45) is 0 Å². The van der Waals surface area contributed by atoms with Crippen LogP contribution < -0.4 is 5.32 Å². The highest BCUT2D eigenvalue weighted by Crippen LogP contribution is 2.04. The van der Waals surface area contributed by atoms with Crippen molar-refractivity contribution in [3.8, 4) is 0 Å². The summed E-state index contributed by atoms with van der Waals surface area (Å²) in [5.41, 5.74) is 0.885. The predicted molar refractivity (Wildman–Crippen MR) is 61.0 cm³/mol. The molecule has 0 aromatic carbocycles. The van der Waals surface area contributed by atoms with Crippen LogP contribution in [0.15, 0.2) is 24.4 Å². The minimum atomic E-state index is 0.720. The standard InChI is InChI=1S/C11H16N4/c1-2-3-5-8-12-11-13-10-7-4-6-9-15(10)14-11/h4,6-7,9H,2-3,5,8H2,1H3,(H,12,14). The smallest absolute Gasteiger partial charge is 0.243 e. The average molecular weight is 204 g/mol. The van der Waals surface area contributed by atoms with Crippen molar-refractivity contribution in [2.45, 2.75) is 26.2 Å². The van der Waals surface area contributed by atoms with Crippen molar-refractivity contribution >= 4 is 11.6 Å². The van der Waals surface area contributed by atoms with Gasteiger partial charge in [-0.05, 0) is 18.6 Å². The molecular weight excluding hydrogens is 188 g/mol. The molecule has 0 atom stereocenters. The summed E-state index contributed by atoms with van der Waals surface area (Å²) in [6.45, 7) is 3.15. The van der Waals surface area contributed by atoms with Gasteiger partial charge in [-0.25, -0.2) is 4.52 Å². The van der Waals surface area contributed by atoms with Gasteiger partial charge < -0.3 is 5.32 Å². The molecule has 2 aromatic heterocycles. The van der Waals surface area contributed by atoms with Crippen molar-refractivity contribution in [1.29, 1.82) is 0 Å². The molecule has 1 N–H and O–H groups in total. The third kappa shape index (κ3) is 2.46. The van der Waals surface area contributed by atoms with Gasteiger partial charge >= 0.3 is 0 Å². The van der Waals surface area contributed by atoms with Crippen molar-refractivity contribution < 1.29 is 0 Å². The molecule has 2 rings (SSSR count). The number of fused-ring (bicyclic) bond motifs is 1. The predicted octanol–water partition coefficient (Wildman–Crippen LogP) is 2.33. The van der Waals surface area contributed by atoms with E-state index in [1.54, 1.807) is 4.52 Å². The number of aromatic nitrogens is 3. The van der Waals surface area contributed by atoms with E-state index in [2.05, 4.69) is 22.3 Å². The van der Waals surface area contributed by atoms with Crippen LogP contribution in [0, 0.1) is 0 Å². The molecule has 80 valence electrons. The van der Waals surface area contributed by atoms with E-state index in [1.165, 1.54) is 19.3 Å². The molecule has 0 fully saturated rings. The lowest BCUT2D eigenvalue weighted by Crippen LogP contribution is -2.02. The molecule has 0 spiro atoms. The zero-order valence-electron chi connectivity index (χ0n) is 8.98. The van der Waals surface area contributed by atoms with Crippen molar-refractivity contribution in [2.75, 3.05) is 11.9 Å². The topological polar surface area (TPSA) is 42.2 Å². The minimum absolute atomic E-state index is 0.720. The molecule has 0 unspecified atom stereocenters. The van der Waals surface area contributed by atoms with Gasteiger partial charge in [-0.3, -0.25) is 0 Å². The molecule has 0 radical (unpaired) electrons. The third-order valence-corrected chi connectivity index (χ3v) is 2.30. The van der Waals surface area contributed by atoms with Crippen molar-refractivity contribution in [3.63, 3.8) is 0 Å². The summed E-state index contributed by atoms with van der Waals surface area (Å²) >= 11 is 0. The third-order valence-electron chi connectivity index (χ3n) is 2.30. The van der Waals surface area contributed by atoms with E-state index in [4.69, 9.17) is 0 Å². The van der Waals surface area contributed by atoms with E-state index in [0.717, 1.165) is 18.1 Å². The van der Waals surface area contributed by atoms with Crippen LogP contribution in [0.4, 0.5) is 5.95 Å². The fourth-order valence-electron chi connectivity index (χ4n) is 1.48. The molecule has 0 aliphatic heterocycles. The Bertz CT molecular complexity index is 388. The number of nitrogens with zero attached hydrogens (tertiary/aromatic N) is 3. The van der Waals surface area contributed by atoms with Crippen LogP contribution in [0.3, 0.4) is 0 Å². The Morgan fingerprint density at radius 3 is 3.07 bits per heavy atom. The monoisotopic (exact) mass is 204 g/mol. The summed E-state index contributed by atoms with van der Waals surface area (Å²) in [7, 11) is 0. The first-order chi connectivity index (χ1) is 7.40. The number of pyridine rings is 1. The van der Waals surface area contributed by atoms with Gasteiger partial charge in [0.05, 0.1) is 0 Å². The van der Waals surface area contributed by atoms with Crippen LogP contribution in [-0.4, -0.2) is 21.1 Å². The Hall–Kier alpha value is -1.58. The highest BCUT2D eigenvalue weighted by Gasteiger charge is 2.00. The fourth-order valence-corrected chi connectivity index (χ4v) is 1.48. The first-order valence-electron chi connectivity index (χ1n) is 5.45. The maximum absolute atomic E-state index is 4.35. The van der Waals surface area contributed by atoms with E-state index < -0.39 is 0 Å². The number of hydrogen-bond donors (Lipinski definition) is 1. The Morgan fingerprint density at radius 2 is 2.27 bits per heavy atom. The van der Waals surface area contributed by atoms with Crippen LogP contribution in [0.5, 0.6) is 0 Å². The van der Waals surface area contributed by atoms with Crippen LogP contribution in [-0.2, 0) is 0 Å². The Kier molecular flexibility index (Phi) is 3.17. The molecule has 0 aliphatic rings. The maximum Gasteiger partial charge on any atom is 0.243 e. The summed E-state index contributed by atoms with van der Waals surface area (Å²) in [5, 5.41) is 7.53. The zero-order valence-corrected chi connectivity index (χ0v) is 8.98. The van der Waals surface area contributed by atoms with Gasteiger partial charge in [-0.2, -0.15) is 4.98 Å². The van der Waals surface area contributed by atoms with Gasteiger partial charge in [0.2, 0.25) is 5.95 Å². The molecular formula is C11H16N4. The second kappa shape index (κ2) is 4.77. The number of rotatable bonds is 5. The molecule has 0 bridgehead atoms. The second-order valence-corrected chi connectivity index (χ2v) is 3.57. The van der Waals surface area contributed by atoms with Gasteiger partial charge in [-0.15, -0.1) is 5.10 Å². The molecule has 2 aromatic rings. The van der Waals surface area contributed by atoms with E-state index in [-0.39, 0.29) is 0 Å². The lowest BCUT2D eigenvalue weighted by atomic mass is 10.2. The first-order valence-corrected chi connectivity index (χ1v) is 5.45. The van der Waals surface area contributed by atoms with Crippen LogP contribution >= 0.6 is 0 Å². The van der Waals surface area contributed by atoms with Gasteiger partial charge in [0.15, 0.2) is 5.65 Å². The Labute approximate surface area is 89.3 Å². The van der Waals surface area contributed by atoms with Gasteiger partial charge in [0.25, 0.3) is 0 Å². The normalized spacial score (nSPS) is 10.7. The molecule has 0 saturated heterocycles. The van der Waals surface area contributed by atoms with Crippen LogP contribution in [0.1, 0.15) is 26.2 Å². The SMILES string of the molecule is CCCCCNc1nc2ccccn2n1. The number of unbranched alkanes of at least 4 members (excludes halogenated alkanes) is 2. The average Bonchev–Trinajstić information content (AvgIpc) is 2.67. The lowest BCUT2D eigenvalue weighted by molar-refractivity contribution is 0.740. The summed E-state index contributed by atoms with van der Waals surface area (Å²) < 4.78 is 1.78. The largest absolute Gasteiger partial charge is 0.353 e. The molecule has 4 heteroatoms. The molecule has 0 saturated carbocycles. The molecule has 4 nitrogen and oxygen atoms in total. The van der Waals surface area contributed by atoms with E-state index in [9.17, 15) is 0 Å². The zero-order chi connectivity index (χ0) is 10.5. The van der Waals surface area contributed by atoms with Crippen LogP contribution in [0.25, 0.3) is 5.65 Å². The minimum Gasteiger partial charge on any atom is -0.353 e. The highest BCUT2D eigenvalue weighted by molar-refractivity contribution is 5.42. The highest BCUT2D eigenvalue weighted by atomic mass is 15.3. The Morgan fingerprint density at radius 1 is 1.33 bits per heavy atom. The summed E-state index contributed by atoms with van der Waals surface area (Å²) in [5.74, 6) is 0.720. The number of hydrogen-bond acceptors (Lipinski definition) is 3. The van der Waals surface area contributed by atoms with Gasteiger partial charge in [0, 0.05) is 12.7 Å². The Balaban J connectivity index is 1.97. The second-order valence-electron chi connectivity index (χ2n) is 3.57. The quantitative estimate of drug-likeness (QED) is 0.760. The van der Waals surface area contributed by atoms with Crippen molar-refractivity contribution in [3.05, 3.63) is 24.4 Å².